The van der Waals surface area contributed by atoms with Gasteiger partial charge in [-0.25, -0.2) is 0 Å². The SMILES string of the molecule is CC1C=CC=C2Nc3ccccc3C(C)(C)C21. The standard InChI is InChI=1S/C16H19N/c1-11-7-6-10-14-15(11)16(2,3)12-8-4-5-9-13(12)17-14/h4-11,15,17H,1-3H3. The first-order valence-corrected chi connectivity index (χ1v) is 6.35. The van der Waals surface area contributed by atoms with Gasteiger partial charge in [-0.05, 0) is 23.6 Å². The minimum atomic E-state index is 0.192. The zero-order valence-electron chi connectivity index (χ0n) is 10.7. The summed E-state index contributed by atoms with van der Waals surface area (Å²) in [6, 6.07) is 8.67. The fourth-order valence-corrected chi connectivity index (χ4v) is 3.47. The average molecular weight is 225 g/mol. The van der Waals surface area contributed by atoms with Crippen molar-refractivity contribution in [2.24, 2.45) is 11.8 Å². The zero-order chi connectivity index (χ0) is 12.0. The molecule has 3 rings (SSSR count). The Labute approximate surface area is 103 Å². The molecule has 0 bridgehead atoms. The number of benzene rings is 1. The van der Waals surface area contributed by atoms with Crippen molar-refractivity contribution in [3.8, 4) is 0 Å². The second-order valence-corrected chi connectivity index (χ2v) is 5.74. The zero-order valence-corrected chi connectivity index (χ0v) is 10.7. The summed E-state index contributed by atoms with van der Waals surface area (Å²) in [4.78, 5) is 0. The summed E-state index contributed by atoms with van der Waals surface area (Å²) in [5.41, 5.74) is 4.26. The molecule has 1 nitrogen and oxygen atoms in total. The van der Waals surface area contributed by atoms with Crippen LogP contribution < -0.4 is 5.32 Å². The van der Waals surface area contributed by atoms with Crippen molar-refractivity contribution < 1.29 is 0 Å². The quantitative estimate of drug-likeness (QED) is 0.701. The van der Waals surface area contributed by atoms with Crippen molar-refractivity contribution in [2.45, 2.75) is 26.2 Å². The van der Waals surface area contributed by atoms with Gasteiger partial charge in [-0.15, -0.1) is 0 Å². The Kier molecular flexibility index (Phi) is 2.19. The van der Waals surface area contributed by atoms with Gasteiger partial charge < -0.3 is 5.32 Å². The van der Waals surface area contributed by atoms with E-state index in [9.17, 15) is 0 Å². The average Bonchev–Trinajstić information content (AvgIpc) is 2.28. The monoisotopic (exact) mass is 225 g/mol. The minimum absolute atomic E-state index is 0.192. The third-order valence-corrected chi connectivity index (χ3v) is 4.23. The molecule has 0 radical (unpaired) electrons. The van der Waals surface area contributed by atoms with Crippen molar-refractivity contribution in [1.29, 1.82) is 0 Å². The molecule has 1 aliphatic carbocycles. The number of fused-ring (bicyclic) bond motifs is 2. The Hall–Kier alpha value is -1.50. The molecule has 88 valence electrons. The van der Waals surface area contributed by atoms with Crippen molar-refractivity contribution in [3.63, 3.8) is 0 Å². The second kappa shape index (κ2) is 3.49. The number of hydrogen-bond donors (Lipinski definition) is 1. The number of hydrogen-bond acceptors (Lipinski definition) is 1. The van der Waals surface area contributed by atoms with Gasteiger partial charge in [0.1, 0.15) is 0 Å². The normalized spacial score (nSPS) is 28.8. The van der Waals surface area contributed by atoms with Crippen LogP contribution in [-0.2, 0) is 5.41 Å². The van der Waals surface area contributed by atoms with E-state index < -0.39 is 0 Å². The number of nitrogens with one attached hydrogen (secondary N) is 1. The smallest absolute Gasteiger partial charge is 0.0420 e. The summed E-state index contributed by atoms with van der Waals surface area (Å²) >= 11 is 0. The van der Waals surface area contributed by atoms with Crippen LogP contribution in [0.2, 0.25) is 0 Å². The molecule has 1 aromatic rings. The lowest BCUT2D eigenvalue weighted by Crippen LogP contribution is -2.41. The molecule has 17 heavy (non-hydrogen) atoms. The number of anilines is 1. The highest BCUT2D eigenvalue weighted by Gasteiger charge is 2.42. The Morgan fingerprint density at radius 3 is 2.76 bits per heavy atom. The van der Waals surface area contributed by atoms with Gasteiger partial charge in [-0.2, -0.15) is 0 Å². The fourth-order valence-electron chi connectivity index (χ4n) is 3.47. The molecule has 2 unspecified atom stereocenters. The van der Waals surface area contributed by atoms with Gasteiger partial charge in [0.2, 0.25) is 0 Å². The maximum absolute atomic E-state index is 3.59. The van der Waals surface area contributed by atoms with E-state index in [2.05, 4.69) is 68.6 Å². The minimum Gasteiger partial charge on any atom is -0.358 e. The van der Waals surface area contributed by atoms with E-state index in [1.54, 1.807) is 0 Å². The molecule has 2 atom stereocenters. The highest BCUT2D eigenvalue weighted by molar-refractivity contribution is 5.63. The molecule has 0 amide bonds. The summed E-state index contributed by atoms with van der Waals surface area (Å²) in [6.07, 6.45) is 6.71. The molecular weight excluding hydrogens is 206 g/mol. The Morgan fingerprint density at radius 1 is 1.18 bits per heavy atom. The first-order chi connectivity index (χ1) is 8.10. The van der Waals surface area contributed by atoms with E-state index >= 15 is 0 Å². The van der Waals surface area contributed by atoms with E-state index in [1.807, 2.05) is 0 Å². The van der Waals surface area contributed by atoms with Gasteiger partial charge in [-0.3, -0.25) is 0 Å². The van der Waals surface area contributed by atoms with Crippen LogP contribution in [0.1, 0.15) is 26.3 Å². The molecule has 2 aliphatic rings. The van der Waals surface area contributed by atoms with Gasteiger partial charge in [0.15, 0.2) is 0 Å². The maximum Gasteiger partial charge on any atom is 0.0420 e. The molecule has 0 saturated heterocycles. The predicted molar refractivity (Wildman–Crippen MR) is 73.0 cm³/mol. The highest BCUT2D eigenvalue weighted by atomic mass is 14.9. The molecular formula is C16H19N. The van der Waals surface area contributed by atoms with Gasteiger partial charge in [0.25, 0.3) is 0 Å². The lowest BCUT2D eigenvalue weighted by molar-refractivity contribution is 0.296. The van der Waals surface area contributed by atoms with Crippen molar-refractivity contribution in [2.75, 3.05) is 5.32 Å². The molecule has 1 heteroatoms. The molecule has 0 saturated carbocycles. The first kappa shape index (κ1) is 10.6. The van der Waals surface area contributed by atoms with Crippen molar-refractivity contribution in [1.82, 2.24) is 0 Å². The number of rotatable bonds is 0. The van der Waals surface area contributed by atoms with Gasteiger partial charge in [0.05, 0.1) is 0 Å². The van der Waals surface area contributed by atoms with Crippen LogP contribution in [0.4, 0.5) is 5.69 Å². The van der Waals surface area contributed by atoms with Crippen molar-refractivity contribution >= 4 is 5.69 Å². The number of para-hydroxylation sites is 1. The topological polar surface area (TPSA) is 12.0 Å². The second-order valence-electron chi connectivity index (χ2n) is 5.74. The lowest BCUT2D eigenvalue weighted by Gasteiger charge is -2.46. The Morgan fingerprint density at radius 2 is 1.94 bits per heavy atom. The lowest BCUT2D eigenvalue weighted by atomic mass is 9.63. The Balaban J connectivity index is 2.18. The van der Waals surface area contributed by atoms with Crippen molar-refractivity contribution in [3.05, 3.63) is 53.8 Å². The van der Waals surface area contributed by atoms with E-state index in [-0.39, 0.29) is 5.41 Å². The van der Waals surface area contributed by atoms with E-state index in [4.69, 9.17) is 0 Å². The summed E-state index contributed by atoms with van der Waals surface area (Å²) in [7, 11) is 0. The largest absolute Gasteiger partial charge is 0.358 e. The fraction of sp³-hybridized carbons (Fsp3) is 0.375. The Bertz CT molecular complexity index is 508. The molecule has 0 aromatic heterocycles. The molecule has 0 spiro atoms. The third kappa shape index (κ3) is 1.45. The maximum atomic E-state index is 3.59. The molecule has 1 aliphatic heterocycles. The molecule has 1 aromatic carbocycles. The van der Waals surface area contributed by atoms with E-state index in [0.717, 1.165) is 0 Å². The molecule has 0 fully saturated rings. The van der Waals surface area contributed by atoms with Gasteiger partial charge in [0, 0.05) is 22.7 Å². The summed E-state index contributed by atoms with van der Waals surface area (Å²) < 4.78 is 0. The summed E-state index contributed by atoms with van der Waals surface area (Å²) in [5.74, 6) is 1.15. The summed E-state index contributed by atoms with van der Waals surface area (Å²) in [5, 5.41) is 3.59. The van der Waals surface area contributed by atoms with Crippen LogP contribution in [0.15, 0.2) is 48.2 Å². The van der Waals surface area contributed by atoms with Crippen LogP contribution in [0.3, 0.4) is 0 Å². The predicted octanol–water partition coefficient (Wildman–Crippen LogP) is 4.10. The van der Waals surface area contributed by atoms with Crippen LogP contribution in [-0.4, -0.2) is 0 Å². The first-order valence-electron chi connectivity index (χ1n) is 6.35. The van der Waals surface area contributed by atoms with Crippen LogP contribution in [0.5, 0.6) is 0 Å². The van der Waals surface area contributed by atoms with E-state index in [0.29, 0.717) is 11.8 Å². The van der Waals surface area contributed by atoms with Gasteiger partial charge in [-0.1, -0.05) is 51.1 Å². The molecule has 1 heterocycles. The highest BCUT2D eigenvalue weighted by Crippen LogP contribution is 2.48. The third-order valence-electron chi connectivity index (χ3n) is 4.23. The molecule has 1 N–H and O–H groups in total. The van der Waals surface area contributed by atoms with Crippen LogP contribution in [0.25, 0.3) is 0 Å². The van der Waals surface area contributed by atoms with Crippen LogP contribution >= 0.6 is 0 Å². The summed E-state index contributed by atoms with van der Waals surface area (Å²) in [6.45, 7) is 7.03. The number of allylic oxidation sites excluding steroid dienone is 4. The van der Waals surface area contributed by atoms with Crippen LogP contribution in [0, 0.1) is 11.8 Å². The van der Waals surface area contributed by atoms with Gasteiger partial charge >= 0.3 is 0 Å². The van der Waals surface area contributed by atoms with E-state index in [1.165, 1.54) is 16.9 Å².